The number of carbonyl (C=O) groups excluding carboxylic acids is 2. The van der Waals surface area contributed by atoms with Gasteiger partial charge in [0, 0.05) is 30.0 Å². The van der Waals surface area contributed by atoms with Crippen molar-refractivity contribution in [2.24, 2.45) is 0 Å². The summed E-state index contributed by atoms with van der Waals surface area (Å²) >= 11 is 1.36. The predicted octanol–water partition coefficient (Wildman–Crippen LogP) is 4.30. The van der Waals surface area contributed by atoms with Gasteiger partial charge in [0.25, 0.3) is 5.91 Å². The molecule has 1 fully saturated rings. The fourth-order valence-electron chi connectivity index (χ4n) is 3.22. The van der Waals surface area contributed by atoms with Crippen LogP contribution in [0.25, 0.3) is 10.6 Å². The van der Waals surface area contributed by atoms with Gasteiger partial charge in [-0.15, -0.1) is 11.3 Å². The van der Waals surface area contributed by atoms with E-state index in [1.165, 1.54) is 11.3 Å². The number of benzene rings is 2. The maximum Gasteiger partial charge on any atom is 0.321 e. The molecule has 0 bridgehead atoms. The number of anilines is 2. The Kier molecular flexibility index (Phi) is 5.67. The summed E-state index contributed by atoms with van der Waals surface area (Å²) in [6.45, 7) is 5.67. The lowest BCUT2D eigenvalue weighted by atomic mass is 10.2. The van der Waals surface area contributed by atoms with Crippen LogP contribution in [0.2, 0.25) is 0 Å². The molecule has 3 aromatic rings. The fraction of sp³-hybridized carbons (Fsp3) is 0.227. The average Bonchev–Trinajstić information content (AvgIpc) is 3.35. The van der Waals surface area contributed by atoms with Gasteiger partial charge in [-0.1, -0.05) is 0 Å². The first-order valence-corrected chi connectivity index (χ1v) is 10.5. The third kappa shape index (κ3) is 4.13. The molecule has 0 aliphatic carbocycles. The Morgan fingerprint density at radius 3 is 2.57 bits per heavy atom. The van der Waals surface area contributed by atoms with Crippen LogP contribution in [-0.4, -0.2) is 36.6 Å². The molecule has 1 aliphatic rings. The molecule has 3 amide bonds. The number of hydrogen-bond acceptors (Lipinski definition) is 5. The van der Waals surface area contributed by atoms with Crippen LogP contribution in [-0.2, 0) is 0 Å². The topological polar surface area (TPSA) is 83.6 Å². The van der Waals surface area contributed by atoms with Gasteiger partial charge in [0.2, 0.25) is 0 Å². The summed E-state index contributed by atoms with van der Waals surface area (Å²) in [5, 5.41) is 6.47. The number of urea groups is 1. The zero-order chi connectivity index (χ0) is 21.1. The smallest absolute Gasteiger partial charge is 0.321 e. The van der Waals surface area contributed by atoms with E-state index in [1.54, 1.807) is 17.0 Å². The number of nitrogens with one attached hydrogen (secondary N) is 2. The molecule has 0 saturated carbocycles. The number of ether oxygens (including phenoxy) is 1. The van der Waals surface area contributed by atoms with Gasteiger partial charge < -0.3 is 15.4 Å². The lowest BCUT2D eigenvalue weighted by molar-refractivity contribution is 0.102. The van der Waals surface area contributed by atoms with Crippen molar-refractivity contribution in [3.05, 3.63) is 59.1 Å². The molecule has 0 radical (unpaired) electrons. The lowest BCUT2D eigenvalue weighted by Gasteiger charge is -2.14. The van der Waals surface area contributed by atoms with Crippen LogP contribution in [0.15, 0.2) is 48.5 Å². The Hall–Kier alpha value is -3.39. The van der Waals surface area contributed by atoms with E-state index in [2.05, 4.69) is 15.6 Å². The van der Waals surface area contributed by atoms with Crippen LogP contribution in [0.1, 0.15) is 22.3 Å². The second-order valence-electron chi connectivity index (χ2n) is 6.78. The Labute approximate surface area is 178 Å². The van der Waals surface area contributed by atoms with Gasteiger partial charge in [-0.2, -0.15) is 0 Å². The van der Waals surface area contributed by atoms with Crippen molar-refractivity contribution in [2.45, 2.75) is 13.8 Å². The number of nitrogens with zero attached hydrogens (tertiary/aromatic N) is 2. The van der Waals surface area contributed by atoms with Crippen LogP contribution in [0.4, 0.5) is 16.2 Å². The second-order valence-corrected chi connectivity index (χ2v) is 7.77. The van der Waals surface area contributed by atoms with Crippen molar-refractivity contribution in [2.75, 3.05) is 29.9 Å². The summed E-state index contributed by atoms with van der Waals surface area (Å²) in [5.41, 5.74) is 3.10. The Morgan fingerprint density at radius 1 is 1.20 bits per heavy atom. The maximum absolute atomic E-state index is 12.8. The summed E-state index contributed by atoms with van der Waals surface area (Å²) in [4.78, 5) is 31.3. The quantitative estimate of drug-likeness (QED) is 0.620. The zero-order valence-electron chi connectivity index (χ0n) is 16.8. The van der Waals surface area contributed by atoms with E-state index in [9.17, 15) is 9.59 Å². The lowest BCUT2D eigenvalue weighted by Crippen LogP contribution is -2.27. The second kappa shape index (κ2) is 8.54. The molecule has 0 unspecified atom stereocenters. The van der Waals surface area contributed by atoms with Crippen molar-refractivity contribution in [3.8, 4) is 16.3 Å². The number of rotatable bonds is 6. The maximum atomic E-state index is 12.8. The number of aryl methyl sites for hydroxylation is 1. The molecule has 2 heterocycles. The molecule has 0 spiro atoms. The first kappa shape index (κ1) is 19.9. The minimum atomic E-state index is -0.200. The largest absolute Gasteiger partial charge is 0.494 e. The molecule has 1 aromatic heterocycles. The highest BCUT2D eigenvalue weighted by Crippen LogP contribution is 2.30. The summed E-state index contributed by atoms with van der Waals surface area (Å²) in [5.74, 6) is 0.608. The Balaban J connectivity index is 1.46. The van der Waals surface area contributed by atoms with E-state index in [0.717, 1.165) is 22.0 Å². The Bertz CT molecular complexity index is 1060. The standard InChI is InChI=1S/C22H22N4O3S/c1-3-29-18-10-4-15(5-11-18)21-24-14(2)19(30-21)20(27)25-16-6-8-17(9-7-16)26-13-12-23-22(26)28/h4-11H,3,12-13H2,1-2H3,(H,23,28)(H,25,27). The molecule has 0 atom stereocenters. The average molecular weight is 423 g/mol. The van der Waals surface area contributed by atoms with Gasteiger partial charge in [0.15, 0.2) is 0 Å². The van der Waals surface area contributed by atoms with E-state index >= 15 is 0 Å². The molecule has 7 nitrogen and oxygen atoms in total. The first-order chi connectivity index (χ1) is 14.5. The van der Waals surface area contributed by atoms with E-state index < -0.39 is 0 Å². The zero-order valence-corrected chi connectivity index (χ0v) is 17.6. The third-order valence-electron chi connectivity index (χ3n) is 4.71. The minimum Gasteiger partial charge on any atom is -0.494 e. The van der Waals surface area contributed by atoms with Gasteiger partial charge >= 0.3 is 6.03 Å². The van der Waals surface area contributed by atoms with Crippen LogP contribution >= 0.6 is 11.3 Å². The molecule has 1 saturated heterocycles. The molecule has 2 aromatic carbocycles. The third-order valence-corrected chi connectivity index (χ3v) is 5.91. The van der Waals surface area contributed by atoms with Gasteiger partial charge in [0.1, 0.15) is 15.6 Å². The Morgan fingerprint density at radius 2 is 1.93 bits per heavy atom. The molecule has 2 N–H and O–H groups in total. The minimum absolute atomic E-state index is 0.103. The summed E-state index contributed by atoms with van der Waals surface area (Å²) in [6, 6.07) is 14.8. The van der Waals surface area contributed by atoms with E-state index in [0.29, 0.717) is 36.0 Å². The number of carbonyl (C=O) groups is 2. The van der Waals surface area contributed by atoms with Crippen LogP contribution in [0.3, 0.4) is 0 Å². The molecule has 4 rings (SSSR count). The molecule has 154 valence electrons. The van der Waals surface area contributed by atoms with Gasteiger partial charge in [0.05, 0.1) is 12.3 Å². The van der Waals surface area contributed by atoms with Gasteiger partial charge in [-0.05, 0) is 62.4 Å². The normalized spacial score (nSPS) is 13.3. The molecule has 1 aliphatic heterocycles. The van der Waals surface area contributed by atoms with Gasteiger partial charge in [-0.3, -0.25) is 9.69 Å². The van der Waals surface area contributed by atoms with Crippen molar-refractivity contribution in [1.82, 2.24) is 10.3 Å². The predicted molar refractivity (Wildman–Crippen MR) is 119 cm³/mol. The van der Waals surface area contributed by atoms with E-state index in [4.69, 9.17) is 4.74 Å². The van der Waals surface area contributed by atoms with Crippen molar-refractivity contribution in [1.29, 1.82) is 0 Å². The number of aromatic nitrogens is 1. The SMILES string of the molecule is CCOc1ccc(-c2nc(C)c(C(=O)Nc3ccc(N4CCNC4=O)cc3)s2)cc1. The highest BCUT2D eigenvalue weighted by Gasteiger charge is 2.21. The molecule has 8 heteroatoms. The number of amides is 3. The van der Waals surface area contributed by atoms with Crippen molar-refractivity contribution >= 4 is 34.6 Å². The van der Waals surface area contributed by atoms with Crippen molar-refractivity contribution in [3.63, 3.8) is 0 Å². The van der Waals surface area contributed by atoms with Crippen molar-refractivity contribution < 1.29 is 14.3 Å². The highest BCUT2D eigenvalue weighted by molar-refractivity contribution is 7.17. The van der Waals surface area contributed by atoms with Crippen LogP contribution in [0, 0.1) is 6.92 Å². The van der Waals surface area contributed by atoms with Crippen LogP contribution in [0.5, 0.6) is 5.75 Å². The van der Waals surface area contributed by atoms with E-state index in [1.807, 2.05) is 50.2 Å². The summed E-state index contributed by atoms with van der Waals surface area (Å²) in [7, 11) is 0. The first-order valence-electron chi connectivity index (χ1n) is 9.72. The fourth-order valence-corrected chi connectivity index (χ4v) is 4.19. The number of hydrogen-bond donors (Lipinski definition) is 2. The molecule has 30 heavy (non-hydrogen) atoms. The monoisotopic (exact) mass is 422 g/mol. The highest BCUT2D eigenvalue weighted by atomic mass is 32.1. The van der Waals surface area contributed by atoms with E-state index in [-0.39, 0.29) is 11.9 Å². The van der Waals surface area contributed by atoms with Crippen LogP contribution < -0.4 is 20.3 Å². The number of thiazole rings is 1. The molecular weight excluding hydrogens is 400 g/mol. The summed E-state index contributed by atoms with van der Waals surface area (Å²) < 4.78 is 5.47. The molecular formula is C22H22N4O3S. The van der Waals surface area contributed by atoms with Gasteiger partial charge in [-0.25, -0.2) is 9.78 Å². The summed E-state index contributed by atoms with van der Waals surface area (Å²) in [6.07, 6.45) is 0.